The number of ether oxygens (including phenoxy) is 1. The maximum Gasteiger partial charge on any atom is 0.251 e. The molecule has 2 N–H and O–H groups in total. The molecule has 3 rings (SSSR count). The fourth-order valence-electron chi connectivity index (χ4n) is 2.52. The van der Waals surface area contributed by atoms with E-state index in [1.54, 1.807) is 17.4 Å². The first-order valence-corrected chi connectivity index (χ1v) is 8.46. The van der Waals surface area contributed by atoms with Crippen molar-refractivity contribution in [2.24, 2.45) is 0 Å². The number of nitrogens with one attached hydrogen (secondary N) is 2. The van der Waals surface area contributed by atoms with Crippen molar-refractivity contribution in [1.29, 1.82) is 0 Å². The Hall–Kier alpha value is -1.56. The van der Waals surface area contributed by atoms with Gasteiger partial charge in [-0.25, -0.2) is 0 Å². The van der Waals surface area contributed by atoms with Crippen LogP contribution in [0, 0.1) is 0 Å². The average Bonchev–Trinajstić information content (AvgIpc) is 3.08. The molecular weight excluding hydrogens is 332 g/mol. The second-order valence-electron chi connectivity index (χ2n) is 5.41. The van der Waals surface area contributed by atoms with E-state index < -0.39 is 0 Å². The van der Waals surface area contributed by atoms with Gasteiger partial charge < -0.3 is 15.4 Å². The van der Waals surface area contributed by atoms with Gasteiger partial charge in [0.1, 0.15) is 12.4 Å². The van der Waals surface area contributed by atoms with Gasteiger partial charge in [0, 0.05) is 23.0 Å². The minimum absolute atomic E-state index is 0. The first kappa shape index (κ1) is 17.8. The third kappa shape index (κ3) is 5.23. The Balaban J connectivity index is 0.00000192. The molecule has 6 heteroatoms. The highest BCUT2D eigenvalue weighted by molar-refractivity contribution is 7.09. The number of thiophene rings is 1. The Bertz CT molecular complexity index is 613. The lowest BCUT2D eigenvalue weighted by molar-refractivity contribution is 0.0930. The minimum Gasteiger partial charge on any atom is -0.488 e. The summed E-state index contributed by atoms with van der Waals surface area (Å²) in [5.74, 6) is 0.693. The summed E-state index contributed by atoms with van der Waals surface area (Å²) in [5, 5.41) is 8.41. The molecule has 1 aliphatic heterocycles. The third-order valence-electron chi connectivity index (χ3n) is 3.69. The molecule has 23 heavy (non-hydrogen) atoms. The summed E-state index contributed by atoms with van der Waals surface area (Å²) in [4.78, 5) is 13.5. The van der Waals surface area contributed by atoms with Gasteiger partial charge in [0.05, 0.1) is 0 Å². The smallest absolute Gasteiger partial charge is 0.251 e. The van der Waals surface area contributed by atoms with Crippen LogP contribution in [0.2, 0.25) is 0 Å². The molecule has 1 saturated heterocycles. The summed E-state index contributed by atoms with van der Waals surface area (Å²) >= 11 is 1.66. The highest BCUT2D eigenvalue weighted by atomic mass is 35.5. The number of amides is 1. The fourth-order valence-corrected chi connectivity index (χ4v) is 3.14. The number of hydrogen-bond acceptors (Lipinski definition) is 4. The number of rotatable bonds is 5. The van der Waals surface area contributed by atoms with E-state index in [-0.39, 0.29) is 24.4 Å². The lowest BCUT2D eigenvalue weighted by Gasteiger charge is -2.23. The number of hydrogen-bond donors (Lipinski definition) is 2. The molecule has 1 fully saturated rings. The minimum atomic E-state index is -0.0322. The summed E-state index contributed by atoms with van der Waals surface area (Å²) < 4.78 is 5.75. The molecule has 1 atom stereocenters. The van der Waals surface area contributed by atoms with Crippen molar-refractivity contribution < 1.29 is 9.53 Å². The van der Waals surface area contributed by atoms with Gasteiger partial charge in [-0.15, -0.1) is 23.7 Å². The molecule has 2 aromatic rings. The number of carbonyl (C=O) groups is 1. The summed E-state index contributed by atoms with van der Waals surface area (Å²) in [6.07, 6.45) is 2.14. The van der Waals surface area contributed by atoms with E-state index in [1.807, 2.05) is 35.7 Å². The highest BCUT2D eigenvalue weighted by Crippen LogP contribution is 2.17. The van der Waals surface area contributed by atoms with Crippen LogP contribution in [0.5, 0.6) is 5.75 Å². The Morgan fingerprint density at radius 2 is 2.26 bits per heavy atom. The summed E-state index contributed by atoms with van der Waals surface area (Å²) in [7, 11) is 0. The zero-order valence-corrected chi connectivity index (χ0v) is 14.4. The number of carbonyl (C=O) groups excluding carboxylic acids is 1. The average molecular weight is 353 g/mol. The Morgan fingerprint density at radius 3 is 3.00 bits per heavy atom. The van der Waals surface area contributed by atoms with Crippen molar-refractivity contribution in [3.63, 3.8) is 0 Å². The van der Waals surface area contributed by atoms with Gasteiger partial charge in [0.15, 0.2) is 0 Å². The largest absolute Gasteiger partial charge is 0.488 e. The van der Waals surface area contributed by atoms with Gasteiger partial charge in [-0.2, -0.15) is 0 Å². The molecule has 1 aromatic heterocycles. The molecule has 0 saturated carbocycles. The Morgan fingerprint density at radius 1 is 1.35 bits per heavy atom. The van der Waals surface area contributed by atoms with Crippen LogP contribution in [0.3, 0.4) is 0 Å². The summed E-state index contributed by atoms with van der Waals surface area (Å²) in [5.41, 5.74) is 0.647. The second kappa shape index (κ2) is 8.91. The Labute approximate surface area is 146 Å². The van der Waals surface area contributed by atoms with Crippen LogP contribution in [0.25, 0.3) is 0 Å². The molecule has 0 spiro atoms. The summed E-state index contributed by atoms with van der Waals surface area (Å²) in [6.45, 7) is 2.42. The van der Waals surface area contributed by atoms with Crippen LogP contribution in [0.4, 0.5) is 0 Å². The normalized spacial score (nSPS) is 17.1. The quantitative estimate of drug-likeness (QED) is 0.868. The highest BCUT2D eigenvalue weighted by Gasteiger charge is 2.16. The van der Waals surface area contributed by atoms with Crippen molar-refractivity contribution in [3.05, 3.63) is 52.2 Å². The van der Waals surface area contributed by atoms with Crippen molar-refractivity contribution in [2.75, 3.05) is 13.1 Å². The molecule has 124 valence electrons. The van der Waals surface area contributed by atoms with Crippen LogP contribution in [0.1, 0.15) is 28.1 Å². The zero-order chi connectivity index (χ0) is 15.2. The van der Waals surface area contributed by atoms with Crippen LogP contribution in [-0.4, -0.2) is 25.0 Å². The fraction of sp³-hybridized carbons (Fsp3) is 0.353. The molecule has 1 aromatic carbocycles. The van der Waals surface area contributed by atoms with E-state index >= 15 is 0 Å². The summed E-state index contributed by atoms with van der Waals surface area (Å²) in [6, 6.07) is 11.6. The SMILES string of the molecule is Cl.O=C(NC1CCCNC1)c1cccc(OCc2cccs2)c1. The molecule has 1 unspecified atom stereocenters. The first-order chi connectivity index (χ1) is 10.8. The molecule has 1 aliphatic rings. The molecule has 0 aliphatic carbocycles. The first-order valence-electron chi connectivity index (χ1n) is 7.58. The Kier molecular flexibility index (Phi) is 6.89. The van der Waals surface area contributed by atoms with Crippen molar-refractivity contribution in [2.45, 2.75) is 25.5 Å². The van der Waals surface area contributed by atoms with Crippen LogP contribution < -0.4 is 15.4 Å². The molecule has 4 nitrogen and oxygen atoms in total. The van der Waals surface area contributed by atoms with Crippen LogP contribution >= 0.6 is 23.7 Å². The van der Waals surface area contributed by atoms with Gasteiger partial charge >= 0.3 is 0 Å². The number of benzene rings is 1. The van der Waals surface area contributed by atoms with Crippen LogP contribution in [-0.2, 0) is 6.61 Å². The maximum atomic E-state index is 12.3. The van der Waals surface area contributed by atoms with Crippen molar-refractivity contribution >= 4 is 29.7 Å². The van der Waals surface area contributed by atoms with Gasteiger partial charge in [0.25, 0.3) is 5.91 Å². The lowest BCUT2D eigenvalue weighted by atomic mass is 10.1. The van der Waals surface area contributed by atoms with Gasteiger partial charge in [-0.1, -0.05) is 12.1 Å². The maximum absolute atomic E-state index is 12.3. The zero-order valence-electron chi connectivity index (χ0n) is 12.8. The third-order valence-corrected chi connectivity index (χ3v) is 4.54. The standard InChI is InChI=1S/C17H20N2O2S.ClH/c20-17(19-14-5-2-8-18-11-14)13-4-1-6-15(10-13)21-12-16-7-3-9-22-16;/h1,3-4,6-7,9-10,14,18H,2,5,8,11-12H2,(H,19,20);1H. The van der Waals surface area contributed by atoms with E-state index in [1.165, 1.54) is 4.88 Å². The number of halogens is 1. The second-order valence-corrected chi connectivity index (χ2v) is 6.44. The molecule has 0 radical (unpaired) electrons. The van der Waals surface area contributed by atoms with E-state index in [2.05, 4.69) is 10.6 Å². The molecule has 1 amide bonds. The molecule has 0 bridgehead atoms. The van der Waals surface area contributed by atoms with E-state index in [9.17, 15) is 4.79 Å². The van der Waals surface area contributed by atoms with Crippen molar-refractivity contribution in [3.8, 4) is 5.75 Å². The lowest BCUT2D eigenvalue weighted by Crippen LogP contribution is -2.45. The van der Waals surface area contributed by atoms with E-state index in [0.29, 0.717) is 12.2 Å². The monoisotopic (exact) mass is 352 g/mol. The number of piperidine rings is 1. The molecule has 2 heterocycles. The topological polar surface area (TPSA) is 50.4 Å². The molecular formula is C17H21ClN2O2S. The van der Waals surface area contributed by atoms with Crippen LogP contribution in [0.15, 0.2) is 41.8 Å². The van der Waals surface area contributed by atoms with Gasteiger partial charge in [-0.3, -0.25) is 4.79 Å². The van der Waals surface area contributed by atoms with E-state index in [4.69, 9.17) is 4.74 Å². The predicted octanol–water partition coefficient (Wildman–Crippen LogP) is 3.23. The van der Waals surface area contributed by atoms with E-state index in [0.717, 1.165) is 31.7 Å². The van der Waals surface area contributed by atoms with Gasteiger partial charge in [0.2, 0.25) is 0 Å². The van der Waals surface area contributed by atoms with Crippen molar-refractivity contribution in [1.82, 2.24) is 10.6 Å². The van der Waals surface area contributed by atoms with Gasteiger partial charge in [-0.05, 0) is 49.0 Å². The predicted molar refractivity (Wildman–Crippen MR) is 95.7 cm³/mol.